The van der Waals surface area contributed by atoms with Gasteiger partial charge in [-0.15, -0.1) is 10.2 Å². The van der Waals surface area contributed by atoms with Gasteiger partial charge in [-0.3, -0.25) is 4.79 Å². The molecule has 3 rings (SSSR count). The number of carbonyl (C=O) groups excluding carboxylic acids is 1. The third-order valence-electron chi connectivity index (χ3n) is 4.48. The van der Waals surface area contributed by atoms with Gasteiger partial charge in [-0.25, -0.2) is 0 Å². The second kappa shape index (κ2) is 9.92. The predicted octanol–water partition coefficient (Wildman–Crippen LogP) is 4.08. The number of benzene rings is 1. The van der Waals surface area contributed by atoms with Crippen molar-refractivity contribution in [3.8, 4) is 0 Å². The minimum absolute atomic E-state index is 0.113. The Hall–Kier alpha value is -1.60. The molecule has 1 unspecified atom stereocenters. The zero-order chi connectivity index (χ0) is 18.2. The molecule has 2 heterocycles. The van der Waals surface area contributed by atoms with E-state index in [1.807, 2.05) is 17.9 Å². The van der Waals surface area contributed by atoms with Crippen molar-refractivity contribution in [1.29, 1.82) is 0 Å². The van der Waals surface area contributed by atoms with Crippen LogP contribution in [0.25, 0.3) is 0 Å². The molecule has 0 radical (unpaired) electrons. The number of hydrogen-bond acceptors (Lipinski definition) is 6. The molecule has 1 aliphatic rings. The number of nitrogens with one attached hydrogen (secondary N) is 1. The zero-order valence-electron chi connectivity index (χ0n) is 15.2. The summed E-state index contributed by atoms with van der Waals surface area (Å²) in [6.45, 7) is 4.59. The molecule has 140 valence electrons. The fourth-order valence-electron chi connectivity index (χ4n) is 3.04. The first-order valence-corrected chi connectivity index (χ1v) is 11.0. The maximum Gasteiger partial charge on any atom is 0.235 e. The lowest BCUT2D eigenvalue weighted by Gasteiger charge is -2.23. The first kappa shape index (κ1) is 19.2. The van der Waals surface area contributed by atoms with Crippen molar-refractivity contribution in [2.24, 2.45) is 0 Å². The number of amides is 1. The Morgan fingerprint density at radius 2 is 1.92 bits per heavy atom. The minimum atomic E-state index is -0.113. The molecule has 0 spiro atoms. The number of thioether (sulfide) groups is 1. The van der Waals surface area contributed by atoms with E-state index in [4.69, 9.17) is 0 Å². The van der Waals surface area contributed by atoms with E-state index in [2.05, 4.69) is 39.8 Å². The highest BCUT2D eigenvalue weighted by molar-refractivity contribution is 8.02. The molecule has 0 saturated carbocycles. The quantitative estimate of drug-likeness (QED) is 0.722. The van der Waals surface area contributed by atoms with Gasteiger partial charge in [0.15, 0.2) is 4.34 Å². The van der Waals surface area contributed by atoms with Crippen LogP contribution in [0.2, 0.25) is 0 Å². The molecule has 1 aromatic heterocycles. The molecule has 1 saturated heterocycles. The van der Waals surface area contributed by atoms with Crippen LogP contribution in [0.3, 0.4) is 0 Å². The smallest absolute Gasteiger partial charge is 0.235 e. The van der Waals surface area contributed by atoms with Crippen LogP contribution in [0.5, 0.6) is 0 Å². The summed E-state index contributed by atoms with van der Waals surface area (Å²) in [6.07, 6.45) is 5.67. The molecule has 0 bridgehead atoms. The summed E-state index contributed by atoms with van der Waals surface area (Å²) in [5.74, 6) is 0.227. The molecule has 1 fully saturated rings. The molecule has 1 aromatic carbocycles. The van der Waals surface area contributed by atoms with Crippen LogP contribution in [0.1, 0.15) is 38.2 Å². The average molecular weight is 391 g/mol. The lowest BCUT2D eigenvalue weighted by molar-refractivity contribution is -0.130. The molecule has 1 aliphatic heterocycles. The standard InChI is InChI=1S/C19H26N4OS2/c1-15(17(24)23-13-7-2-3-8-14-23)25-19-22-21-18(26-19)20-12-11-16-9-5-4-6-10-16/h4-6,9-10,15H,2-3,7-8,11-14H2,1H3,(H,20,21). The van der Waals surface area contributed by atoms with Gasteiger partial charge >= 0.3 is 0 Å². The summed E-state index contributed by atoms with van der Waals surface area (Å²) in [4.78, 5) is 14.7. The lowest BCUT2D eigenvalue weighted by Crippen LogP contribution is -2.37. The van der Waals surface area contributed by atoms with Crippen LogP contribution in [-0.2, 0) is 11.2 Å². The van der Waals surface area contributed by atoms with Gasteiger partial charge in [-0.1, -0.05) is 66.3 Å². The summed E-state index contributed by atoms with van der Waals surface area (Å²) in [5, 5.41) is 12.5. The van der Waals surface area contributed by atoms with Gasteiger partial charge in [0, 0.05) is 19.6 Å². The summed E-state index contributed by atoms with van der Waals surface area (Å²) < 4.78 is 0.850. The van der Waals surface area contributed by atoms with Gasteiger partial charge in [0.05, 0.1) is 5.25 Å². The summed E-state index contributed by atoms with van der Waals surface area (Å²) >= 11 is 3.04. The van der Waals surface area contributed by atoms with Crippen LogP contribution in [0, 0.1) is 0 Å². The molecule has 5 nitrogen and oxygen atoms in total. The fraction of sp³-hybridized carbons (Fsp3) is 0.526. The zero-order valence-corrected chi connectivity index (χ0v) is 16.8. The molecule has 0 aliphatic carbocycles. The van der Waals surface area contributed by atoms with Gasteiger partial charge < -0.3 is 10.2 Å². The predicted molar refractivity (Wildman–Crippen MR) is 109 cm³/mol. The normalized spacial score (nSPS) is 16.1. The van der Waals surface area contributed by atoms with E-state index in [0.29, 0.717) is 0 Å². The Morgan fingerprint density at radius 1 is 1.19 bits per heavy atom. The number of nitrogens with zero attached hydrogens (tertiary/aromatic N) is 3. The number of rotatable bonds is 7. The monoisotopic (exact) mass is 390 g/mol. The number of anilines is 1. The van der Waals surface area contributed by atoms with Crippen LogP contribution in [0.4, 0.5) is 5.13 Å². The van der Waals surface area contributed by atoms with Crippen molar-refractivity contribution in [3.63, 3.8) is 0 Å². The van der Waals surface area contributed by atoms with Crippen molar-refractivity contribution in [2.75, 3.05) is 25.0 Å². The second-order valence-corrected chi connectivity index (χ2v) is 9.10. The average Bonchev–Trinajstić information content (AvgIpc) is 2.93. The van der Waals surface area contributed by atoms with E-state index in [9.17, 15) is 4.79 Å². The summed E-state index contributed by atoms with van der Waals surface area (Å²) in [6, 6.07) is 10.4. The topological polar surface area (TPSA) is 58.1 Å². The van der Waals surface area contributed by atoms with Crippen molar-refractivity contribution in [2.45, 2.75) is 48.6 Å². The summed E-state index contributed by atoms with van der Waals surface area (Å²) in [5.41, 5.74) is 1.30. The molecule has 7 heteroatoms. The van der Waals surface area contributed by atoms with E-state index in [1.54, 1.807) is 0 Å². The highest BCUT2D eigenvalue weighted by atomic mass is 32.2. The molecule has 26 heavy (non-hydrogen) atoms. The number of aromatic nitrogens is 2. The van der Waals surface area contributed by atoms with Gasteiger partial charge in [-0.05, 0) is 31.7 Å². The second-order valence-electron chi connectivity index (χ2n) is 6.54. The first-order chi connectivity index (χ1) is 12.7. The molecule has 2 aromatic rings. The number of hydrogen-bond donors (Lipinski definition) is 1. The van der Waals surface area contributed by atoms with Crippen molar-refractivity contribution in [1.82, 2.24) is 15.1 Å². The number of carbonyl (C=O) groups is 1. The van der Waals surface area contributed by atoms with Crippen molar-refractivity contribution in [3.05, 3.63) is 35.9 Å². The van der Waals surface area contributed by atoms with Crippen LogP contribution >= 0.6 is 23.1 Å². The van der Waals surface area contributed by atoms with Crippen LogP contribution < -0.4 is 5.32 Å². The maximum absolute atomic E-state index is 12.6. The van der Waals surface area contributed by atoms with Crippen LogP contribution in [0.15, 0.2) is 34.7 Å². The van der Waals surface area contributed by atoms with E-state index in [0.717, 1.165) is 48.4 Å². The van der Waals surface area contributed by atoms with Gasteiger partial charge in [-0.2, -0.15) is 0 Å². The van der Waals surface area contributed by atoms with Gasteiger partial charge in [0.2, 0.25) is 11.0 Å². The van der Waals surface area contributed by atoms with Crippen molar-refractivity contribution >= 4 is 34.1 Å². The van der Waals surface area contributed by atoms with Gasteiger partial charge in [0.1, 0.15) is 0 Å². The minimum Gasteiger partial charge on any atom is -0.360 e. The Kier molecular flexibility index (Phi) is 7.32. The highest BCUT2D eigenvalue weighted by Crippen LogP contribution is 2.30. The lowest BCUT2D eigenvalue weighted by atomic mass is 10.2. The molecule has 1 amide bonds. The third kappa shape index (κ3) is 5.71. The van der Waals surface area contributed by atoms with Gasteiger partial charge in [0.25, 0.3) is 0 Å². The van der Waals surface area contributed by atoms with Crippen LogP contribution in [-0.4, -0.2) is 45.9 Å². The SMILES string of the molecule is CC(Sc1nnc(NCCc2ccccc2)s1)C(=O)N1CCCCCC1. The molecular weight excluding hydrogens is 364 g/mol. The Labute approximate surface area is 163 Å². The molecule has 1 N–H and O–H groups in total. The van der Waals surface area contributed by atoms with E-state index in [1.165, 1.54) is 41.5 Å². The van der Waals surface area contributed by atoms with E-state index >= 15 is 0 Å². The maximum atomic E-state index is 12.6. The molecule has 1 atom stereocenters. The van der Waals surface area contributed by atoms with Crippen molar-refractivity contribution < 1.29 is 4.79 Å². The highest BCUT2D eigenvalue weighted by Gasteiger charge is 2.23. The Balaban J connectivity index is 1.45. The first-order valence-electron chi connectivity index (χ1n) is 9.29. The summed E-state index contributed by atoms with van der Waals surface area (Å²) in [7, 11) is 0. The Bertz CT molecular complexity index is 684. The fourth-order valence-corrected chi connectivity index (χ4v) is 5.04. The molecular formula is C19H26N4OS2. The van der Waals surface area contributed by atoms with E-state index in [-0.39, 0.29) is 11.2 Å². The Morgan fingerprint density at radius 3 is 2.65 bits per heavy atom. The van der Waals surface area contributed by atoms with E-state index < -0.39 is 0 Å². The largest absolute Gasteiger partial charge is 0.360 e. The number of likely N-dealkylation sites (tertiary alicyclic amines) is 1. The third-order valence-corrected chi connectivity index (χ3v) is 6.54.